The Labute approximate surface area is 175 Å². The van der Waals surface area contributed by atoms with Gasteiger partial charge in [0, 0.05) is 10.6 Å². The second-order valence-electron chi connectivity index (χ2n) is 6.09. The Kier molecular flexibility index (Phi) is 5.14. The van der Waals surface area contributed by atoms with Gasteiger partial charge in [-0.05, 0) is 61.0 Å². The Hall–Kier alpha value is -2.35. The summed E-state index contributed by atoms with van der Waals surface area (Å²) in [6, 6.07) is 8.56. The van der Waals surface area contributed by atoms with Crippen LogP contribution >= 0.6 is 35.0 Å². The van der Waals surface area contributed by atoms with Crippen molar-refractivity contribution in [2.24, 2.45) is 10.1 Å². The predicted molar refractivity (Wildman–Crippen MR) is 114 cm³/mol. The molecule has 1 N–H and O–H groups in total. The Morgan fingerprint density at radius 2 is 2.11 bits per heavy atom. The summed E-state index contributed by atoms with van der Waals surface area (Å²) in [4.78, 5) is 16.5. The van der Waals surface area contributed by atoms with Crippen LogP contribution in [0.2, 0.25) is 10.0 Å². The molecule has 0 spiro atoms. The minimum absolute atomic E-state index is 0.0175. The number of thioether (sulfide) groups is 1. The zero-order chi connectivity index (χ0) is 19.8. The van der Waals surface area contributed by atoms with Crippen molar-refractivity contribution in [1.82, 2.24) is 5.01 Å². The second kappa shape index (κ2) is 7.58. The summed E-state index contributed by atoms with van der Waals surface area (Å²) in [5.41, 5.74) is 0.805. The lowest BCUT2D eigenvalue weighted by atomic mass is 10.1. The predicted octanol–water partition coefficient (Wildman–Crippen LogP) is 5.67. The first-order valence-electron chi connectivity index (χ1n) is 8.50. The van der Waals surface area contributed by atoms with Crippen molar-refractivity contribution in [3.8, 4) is 11.3 Å². The monoisotopic (exact) mass is 432 g/mol. The molecular formula is C19H14Cl2N4O2S. The van der Waals surface area contributed by atoms with E-state index in [0.29, 0.717) is 32.3 Å². The van der Waals surface area contributed by atoms with E-state index in [1.54, 1.807) is 30.3 Å². The summed E-state index contributed by atoms with van der Waals surface area (Å²) in [6.07, 6.45) is 3.21. The molecule has 9 heteroatoms. The molecule has 0 bridgehead atoms. The fraction of sp³-hybridized carbons (Fsp3) is 0.158. The number of carbonyl (C=O) groups excluding carboxylic acids is 1. The third kappa shape index (κ3) is 3.53. The molecule has 142 valence electrons. The van der Waals surface area contributed by atoms with E-state index in [2.05, 4.69) is 10.1 Å². The van der Waals surface area contributed by atoms with Gasteiger partial charge in [-0.15, -0.1) is 0 Å². The van der Waals surface area contributed by atoms with Gasteiger partial charge in [-0.2, -0.15) is 15.1 Å². The van der Waals surface area contributed by atoms with Crippen LogP contribution in [0.25, 0.3) is 17.4 Å². The molecule has 1 aromatic heterocycles. The molecule has 0 fully saturated rings. The van der Waals surface area contributed by atoms with E-state index in [9.17, 15) is 4.79 Å². The number of benzene rings is 1. The van der Waals surface area contributed by atoms with Gasteiger partial charge in [-0.3, -0.25) is 10.2 Å². The highest BCUT2D eigenvalue weighted by molar-refractivity contribution is 8.26. The molecule has 0 saturated carbocycles. The smallest absolute Gasteiger partial charge is 0.283 e. The summed E-state index contributed by atoms with van der Waals surface area (Å²) < 4.78 is 5.80. The summed E-state index contributed by atoms with van der Waals surface area (Å²) in [5.74, 6) is 0.445. The van der Waals surface area contributed by atoms with Gasteiger partial charge in [0.25, 0.3) is 5.91 Å². The van der Waals surface area contributed by atoms with Crippen LogP contribution < -0.4 is 0 Å². The normalized spacial score (nSPS) is 17.8. The highest BCUT2D eigenvalue weighted by atomic mass is 35.5. The number of fused-ring (bicyclic) bond motifs is 1. The van der Waals surface area contributed by atoms with Gasteiger partial charge in [-0.1, -0.05) is 30.1 Å². The molecule has 0 aliphatic carbocycles. The lowest BCUT2D eigenvalue weighted by Crippen LogP contribution is -2.35. The number of carbonyl (C=O) groups is 1. The standard InChI is InChI=1S/C19H14Cl2N4O2S/c1-2-3-16-24-25-17(22)13(18(26)23-19(25)28-16)9-11-5-7-15(27-11)12-6-4-10(20)8-14(12)21/h4-9,22H,2-3H2,1H3/b13-9-,22-17?. The van der Waals surface area contributed by atoms with Crippen LogP contribution in [0.15, 0.2) is 50.4 Å². The van der Waals surface area contributed by atoms with Crippen molar-refractivity contribution in [3.63, 3.8) is 0 Å². The molecular weight excluding hydrogens is 419 g/mol. The molecule has 2 aliphatic heterocycles. The first kappa shape index (κ1) is 19.0. The molecule has 1 aromatic carbocycles. The van der Waals surface area contributed by atoms with Gasteiger partial charge in [0.2, 0.25) is 5.17 Å². The fourth-order valence-electron chi connectivity index (χ4n) is 2.75. The molecule has 1 amide bonds. The fourth-order valence-corrected chi connectivity index (χ4v) is 4.24. The van der Waals surface area contributed by atoms with Gasteiger partial charge >= 0.3 is 0 Å². The maximum atomic E-state index is 12.4. The Balaban J connectivity index is 1.64. The summed E-state index contributed by atoms with van der Waals surface area (Å²) in [5, 5.41) is 16.4. The lowest BCUT2D eigenvalue weighted by molar-refractivity contribution is -0.114. The van der Waals surface area contributed by atoms with Gasteiger partial charge in [-0.25, -0.2) is 0 Å². The average molecular weight is 433 g/mol. The number of hydrazone groups is 1. The van der Waals surface area contributed by atoms with Crippen molar-refractivity contribution < 1.29 is 9.21 Å². The largest absolute Gasteiger partial charge is 0.457 e. The van der Waals surface area contributed by atoms with Gasteiger partial charge < -0.3 is 4.42 Å². The van der Waals surface area contributed by atoms with E-state index in [1.807, 2.05) is 6.92 Å². The number of nitrogens with one attached hydrogen (secondary N) is 1. The van der Waals surface area contributed by atoms with Gasteiger partial charge in [0.05, 0.1) is 10.6 Å². The highest BCUT2D eigenvalue weighted by Crippen LogP contribution is 2.33. The molecule has 4 rings (SSSR count). The van der Waals surface area contributed by atoms with E-state index in [-0.39, 0.29) is 11.4 Å². The molecule has 6 nitrogen and oxygen atoms in total. The minimum atomic E-state index is -0.487. The summed E-state index contributed by atoms with van der Waals surface area (Å²) in [6.45, 7) is 2.05. The maximum Gasteiger partial charge on any atom is 0.283 e. The number of halogens is 2. The van der Waals surface area contributed by atoms with E-state index in [4.69, 9.17) is 33.0 Å². The van der Waals surface area contributed by atoms with Crippen LogP contribution in [0.3, 0.4) is 0 Å². The van der Waals surface area contributed by atoms with E-state index in [1.165, 1.54) is 22.8 Å². The molecule has 2 aromatic rings. The van der Waals surface area contributed by atoms with Crippen LogP contribution in [0, 0.1) is 5.41 Å². The number of hydrogen-bond acceptors (Lipinski definition) is 5. The van der Waals surface area contributed by atoms with Crippen molar-refractivity contribution in [3.05, 3.63) is 51.7 Å². The first-order valence-corrected chi connectivity index (χ1v) is 10.1. The van der Waals surface area contributed by atoms with E-state index in [0.717, 1.165) is 17.9 Å². The van der Waals surface area contributed by atoms with Crippen LogP contribution in [0.4, 0.5) is 0 Å². The number of amides is 1. The number of furan rings is 1. The zero-order valence-corrected chi connectivity index (χ0v) is 17.0. The first-order chi connectivity index (χ1) is 13.5. The van der Waals surface area contributed by atoms with Gasteiger partial charge in [0.1, 0.15) is 16.6 Å². The topological polar surface area (TPSA) is 82.0 Å². The molecule has 2 aliphatic rings. The van der Waals surface area contributed by atoms with Crippen LogP contribution in [0.5, 0.6) is 0 Å². The third-order valence-electron chi connectivity index (χ3n) is 4.07. The van der Waals surface area contributed by atoms with Crippen LogP contribution in [-0.2, 0) is 4.79 Å². The van der Waals surface area contributed by atoms with Crippen LogP contribution in [0.1, 0.15) is 25.5 Å². The van der Waals surface area contributed by atoms with E-state index < -0.39 is 5.91 Å². The van der Waals surface area contributed by atoms with Gasteiger partial charge in [0.15, 0.2) is 5.84 Å². The SMILES string of the molecule is CCCC1=NN2C(=N)/C(=C/c3ccc(-c4ccc(Cl)cc4Cl)o3)C(=O)N=C2S1. The quantitative estimate of drug-likeness (QED) is 0.630. The number of amidine groups is 2. The highest BCUT2D eigenvalue weighted by Gasteiger charge is 2.35. The number of nitrogens with zero attached hydrogens (tertiary/aromatic N) is 3. The Bertz CT molecular complexity index is 1090. The number of rotatable bonds is 4. The third-order valence-corrected chi connectivity index (χ3v) is 5.59. The number of aliphatic imine (C=N–C) groups is 1. The second-order valence-corrected chi connectivity index (χ2v) is 7.97. The minimum Gasteiger partial charge on any atom is -0.457 e. The molecule has 0 unspecified atom stereocenters. The Morgan fingerprint density at radius 3 is 2.86 bits per heavy atom. The molecule has 3 heterocycles. The summed E-state index contributed by atoms with van der Waals surface area (Å²) >= 11 is 13.5. The molecule has 0 radical (unpaired) electrons. The molecule has 0 atom stereocenters. The molecule has 28 heavy (non-hydrogen) atoms. The zero-order valence-electron chi connectivity index (χ0n) is 14.7. The van der Waals surface area contributed by atoms with Crippen molar-refractivity contribution in [2.75, 3.05) is 0 Å². The maximum absolute atomic E-state index is 12.4. The van der Waals surface area contributed by atoms with Crippen LogP contribution in [-0.4, -0.2) is 27.0 Å². The van der Waals surface area contributed by atoms with Crippen molar-refractivity contribution in [2.45, 2.75) is 19.8 Å². The van der Waals surface area contributed by atoms with Crippen molar-refractivity contribution in [1.29, 1.82) is 5.41 Å². The van der Waals surface area contributed by atoms with E-state index >= 15 is 0 Å². The lowest BCUT2D eigenvalue weighted by Gasteiger charge is -2.19. The van der Waals surface area contributed by atoms with Crippen molar-refractivity contribution >= 4 is 63.0 Å². The average Bonchev–Trinajstić information content (AvgIpc) is 3.26. The molecule has 0 saturated heterocycles. The number of hydrogen-bond donors (Lipinski definition) is 1. The summed E-state index contributed by atoms with van der Waals surface area (Å²) in [7, 11) is 0. The Morgan fingerprint density at radius 1 is 1.29 bits per heavy atom.